The number of fused-ring (bicyclic) bond motifs is 5. The van der Waals surface area contributed by atoms with Gasteiger partial charge in [-0.05, 0) is 43.0 Å². The SMILES string of the molecule is COc1cc(C(CC(=O)NC(C)C(=O)N2C[C@H]3C[C@@H](C2)c2cccc(=O)n2C3)C2=C(O)C3(Oc4c(Cl)c(OC)cc(OC)c4C3=O)C(C)CC2=O)ccc1O. The van der Waals surface area contributed by atoms with Crippen LogP contribution in [0.3, 0.4) is 0 Å². The number of allylic oxidation sites excluding steroid dienone is 1. The summed E-state index contributed by atoms with van der Waals surface area (Å²) in [5, 5.41) is 25.4. The van der Waals surface area contributed by atoms with Crippen molar-refractivity contribution in [2.45, 2.75) is 63.1 Å². The zero-order valence-corrected chi connectivity index (χ0v) is 31.8. The van der Waals surface area contributed by atoms with E-state index >= 15 is 0 Å². The molecule has 4 heterocycles. The number of amides is 2. The Morgan fingerprint density at radius 2 is 1.73 bits per heavy atom. The first-order chi connectivity index (χ1) is 26.2. The Hall–Kier alpha value is -5.50. The highest BCUT2D eigenvalue weighted by molar-refractivity contribution is 6.35. The lowest BCUT2D eigenvalue weighted by Crippen LogP contribution is -2.54. The number of carbonyl (C=O) groups is 4. The van der Waals surface area contributed by atoms with E-state index in [4.69, 9.17) is 30.5 Å². The largest absolute Gasteiger partial charge is 0.507 e. The van der Waals surface area contributed by atoms with Gasteiger partial charge in [0.1, 0.15) is 28.1 Å². The van der Waals surface area contributed by atoms with Gasteiger partial charge in [0, 0.05) is 73.6 Å². The van der Waals surface area contributed by atoms with E-state index in [0.717, 1.165) is 12.1 Å². The molecule has 14 nitrogen and oxygen atoms in total. The van der Waals surface area contributed by atoms with Crippen molar-refractivity contribution in [3.05, 3.63) is 86.0 Å². The molecule has 2 aromatic carbocycles. The Balaban J connectivity index is 1.21. The molecule has 3 N–H and O–H groups in total. The third-order valence-corrected chi connectivity index (χ3v) is 11.8. The minimum absolute atomic E-state index is 0.0216. The minimum Gasteiger partial charge on any atom is -0.507 e. The van der Waals surface area contributed by atoms with Gasteiger partial charge in [-0.25, -0.2) is 0 Å². The number of halogens is 1. The number of aliphatic hydroxyl groups excluding tert-OH is 1. The van der Waals surface area contributed by atoms with Gasteiger partial charge in [-0.2, -0.15) is 0 Å². The number of aliphatic hydroxyl groups is 1. The van der Waals surface area contributed by atoms with Gasteiger partial charge in [-0.1, -0.05) is 30.7 Å². The van der Waals surface area contributed by atoms with Crippen LogP contribution in [0, 0.1) is 11.8 Å². The lowest BCUT2D eigenvalue weighted by Gasteiger charge is -2.43. The highest BCUT2D eigenvalue weighted by atomic mass is 35.5. The maximum absolute atomic E-state index is 14.4. The van der Waals surface area contributed by atoms with Crippen LogP contribution in [0.2, 0.25) is 5.02 Å². The van der Waals surface area contributed by atoms with Gasteiger partial charge < -0.3 is 43.9 Å². The lowest BCUT2D eigenvalue weighted by atomic mass is 9.69. The normalized spacial score (nSPS) is 23.7. The number of nitrogens with one attached hydrogen (secondary N) is 1. The molecule has 2 bridgehead atoms. The Morgan fingerprint density at radius 3 is 2.44 bits per heavy atom. The number of aromatic nitrogens is 1. The molecule has 3 aliphatic heterocycles. The van der Waals surface area contributed by atoms with E-state index in [1.165, 1.54) is 51.7 Å². The second kappa shape index (κ2) is 14.3. The molecule has 2 amide bonds. The van der Waals surface area contributed by atoms with Crippen LogP contribution in [0.15, 0.2) is 58.6 Å². The number of pyridine rings is 1. The molecule has 1 saturated heterocycles. The summed E-state index contributed by atoms with van der Waals surface area (Å²) in [5.41, 5.74) is -1.27. The summed E-state index contributed by atoms with van der Waals surface area (Å²) in [6.45, 7) is 4.50. The van der Waals surface area contributed by atoms with Crippen molar-refractivity contribution in [2.24, 2.45) is 11.8 Å². The van der Waals surface area contributed by atoms with Crippen LogP contribution < -0.4 is 29.8 Å². The predicted molar refractivity (Wildman–Crippen MR) is 198 cm³/mol. The number of hydrogen-bond donors (Lipinski definition) is 3. The smallest absolute Gasteiger partial charge is 0.250 e. The van der Waals surface area contributed by atoms with Crippen LogP contribution in [-0.4, -0.2) is 89.1 Å². The van der Waals surface area contributed by atoms with Gasteiger partial charge in [0.05, 0.1) is 21.3 Å². The lowest BCUT2D eigenvalue weighted by molar-refractivity contribution is -0.138. The molecule has 0 radical (unpaired) electrons. The summed E-state index contributed by atoms with van der Waals surface area (Å²) < 4.78 is 24.3. The van der Waals surface area contributed by atoms with Gasteiger partial charge in [-0.15, -0.1) is 0 Å². The van der Waals surface area contributed by atoms with Crippen molar-refractivity contribution in [3.8, 4) is 28.7 Å². The van der Waals surface area contributed by atoms with E-state index < -0.39 is 53.1 Å². The molecule has 1 aromatic heterocycles. The Labute approximate surface area is 321 Å². The molecule has 1 spiro atoms. The van der Waals surface area contributed by atoms with Crippen molar-refractivity contribution < 1.29 is 48.3 Å². The summed E-state index contributed by atoms with van der Waals surface area (Å²) in [7, 11) is 4.08. The molecule has 290 valence electrons. The first-order valence-electron chi connectivity index (χ1n) is 18.0. The first kappa shape index (κ1) is 37.8. The fourth-order valence-electron chi connectivity index (χ4n) is 8.73. The van der Waals surface area contributed by atoms with E-state index in [-0.39, 0.29) is 74.6 Å². The van der Waals surface area contributed by atoms with Crippen molar-refractivity contribution in [2.75, 3.05) is 34.4 Å². The average Bonchev–Trinajstić information content (AvgIpc) is 3.48. The standard InChI is InChI=1S/C40H42ClN3O11/c1-19-11-27(46)33(37(49)40(19)38(50)34-29(53-4)15-30(54-5)35(41)36(34)55-40)24(22-9-10-26(45)28(13-22)52-3)14-31(47)42-20(2)39(51)43-16-21-12-23(18-43)25-7-6-8-32(48)44(25)17-21/h6-10,13,15,19-21,23-24,45,49H,11-12,14,16-18H2,1-5H3,(H,42,47)/t19?,20?,21-,23+,24?,40?/m1/s1. The molecule has 15 heteroatoms. The van der Waals surface area contributed by atoms with Crippen molar-refractivity contribution in [1.29, 1.82) is 0 Å². The van der Waals surface area contributed by atoms with E-state index in [1.54, 1.807) is 29.4 Å². The average molecular weight is 776 g/mol. The van der Waals surface area contributed by atoms with Gasteiger partial charge in [0.2, 0.25) is 23.2 Å². The number of Topliss-reactive ketones (excluding diaryl/α,β-unsaturated/α-hetero) is 2. The van der Waals surface area contributed by atoms with Crippen LogP contribution in [0.1, 0.15) is 66.6 Å². The third kappa shape index (κ3) is 6.16. The van der Waals surface area contributed by atoms with Crippen LogP contribution in [0.25, 0.3) is 0 Å². The Bertz CT molecular complexity index is 2220. The summed E-state index contributed by atoms with van der Waals surface area (Å²) in [6.07, 6.45) is 0.162. The summed E-state index contributed by atoms with van der Waals surface area (Å²) >= 11 is 6.62. The molecular weight excluding hydrogens is 734 g/mol. The van der Waals surface area contributed by atoms with E-state index in [0.29, 0.717) is 25.2 Å². The van der Waals surface area contributed by atoms with Crippen LogP contribution in [-0.2, 0) is 20.9 Å². The van der Waals surface area contributed by atoms with Crippen molar-refractivity contribution in [1.82, 2.24) is 14.8 Å². The molecule has 0 saturated carbocycles. The van der Waals surface area contributed by atoms with E-state index in [9.17, 15) is 34.2 Å². The molecule has 3 aromatic rings. The van der Waals surface area contributed by atoms with Crippen LogP contribution >= 0.6 is 11.6 Å². The number of methoxy groups -OCH3 is 3. The number of likely N-dealkylation sites (tertiary alicyclic amines) is 1. The predicted octanol–water partition coefficient (Wildman–Crippen LogP) is 4.29. The molecular formula is C40H42ClN3O11. The van der Waals surface area contributed by atoms with Gasteiger partial charge >= 0.3 is 0 Å². The van der Waals surface area contributed by atoms with E-state index in [2.05, 4.69) is 5.32 Å². The molecule has 4 unspecified atom stereocenters. The van der Waals surface area contributed by atoms with Crippen LogP contribution in [0.5, 0.6) is 28.7 Å². The molecule has 1 aliphatic carbocycles. The van der Waals surface area contributed by atoms with Crippen molar-refractivity contribution in [3.63, 3.8) is 0 Å². The fraction of sp³-hybridized carbons (Fsp3) is 0.425. The number of benzene rings is 2. The number of aromatic hydroxyl groups is 1. The third-order valence-electron chi connectivity index (χ3n) is 11.4. The number of phenols is 1. The fourth-order valence-corrected chi connectivity index (χ4v) is 9.00. The number of ether oxygens (including phenoxy) is 4. The number of hydrogen-bond acceptors (Lipinski definition) is 11. The molecule has 1 fully saturated rings. The van der Waals surface area contributed by atoms with Gasteiger partial charge in [0.15, 0.2) is 28.8 Å². The number of nitrogens with zero attached hydrogens (tertiary/aromatic N) is 2. The summed E-state index contributed by atoms with van der Waals surface area (Å²) in [5.74, 6) is -4.85. The number of piperidine rings is 1. The van der Waals surface area contributed by atoms with Crippen molar-refractivity contribution >= 4 is 35.0 Å². The Kier molecular flexibility index (Phi) is 9.82. The molecule has 55 heavy (non-hydrogen) atoms. The first-order valence-corrected chi connectivity index (χ1v) is 18.4. The van der Waals surface area contributed by atoms with E-state index in [1.807, 2.05) is 6.07 Å². The molecule has 4 aliphatic rings. The monoisotopic (exact) mass is 775 g/mol. The molecule has 7 rings (SSSR count). The highest BCUT2D eigenvalue weighted by Gasteiger charge is 2.61. The molecule has 6 atom stereocenters. The van der Waals surface area contributed by atoms with Gasteiger partial charge in [-0.3, -0.25) is 24.0 Å². The summed E-state index contributed by atoms with van der Waals surface area (Å²) in [4.78, 5) is 70.4. The highest BCUT2D eigenvalue weighted by Crippen LogP contribution is 2.56. The topological polar surface area (TPSA) is 183 Å². The summed E-state index contributed by atoms with van der Waals surface area (Å²) in [6, 6.07) is 9.88. The maximum atomic E-state index is 14.4. The number of phenolic OH excluding ortho intramolecular Hbond substituents is 1. The van der Waals surface area contributed by atoms with Crippen LogP contribution in [0.4, 0.5) is 0 Å². The number of rotatable bonds is 9. The quantitative estimate of drug-likeness (QED) is 0.282. The maximum Gasteiger partial charge on any atom is 0.250 e. The second-order valence-electron chi connectivity index (χ2n) is 14.7. The zero-order valence-electron chi connectivity index (χ0n) is 31.0. The van der Waals surface area contributed by atoms with Gasteiger partial charge in [0.25, 0.3) is 5.56 Å². The minimum atomic E-state index is -2.11. The second-order valence-corrected chi connectivity index (χ2v) is 15.1. The number of carbonyl (C=O) groups excluding carboxylic acids is 4. The number of ketones is 2. The zero-order chi connectivity index (χ0) is 39.5. The Morgan fingerprint density at radius 1 is 1.00 bits per heavy atom.